The topological polar surface area (TPSA) is 101 Å². The zero-order valence-corrected chi connectivity index (χ0v) is 20.9. The van der Waals surface area contributed by atoms with Gasteiger partial charge in [-0.05, 0) is 41.5 Å². The normalized spacial score (nSPS) is 11.4. The van der Waals surface area contributed by atoms with E-state index >= 15 is 4.39 Å². The minimum Gasteiger partial charge on any atom is -0.497 e. The zero-order valence-electron chi connectivity index (χ0n) is 20.0. The van der Waals surface area contributed by atoms with Gasteiger partial charge >= 0.3 is 0 Å². The smallest absolute Gasteiger partial charge is 0.237 e. The first-order valence-electron chi connectivity index (χ1n) is 11.4. The fourth-order valence-corrected chi connectivity index (χ4v) is 5.30. The van der Waals surface area contributed by atoms with E-state index in [1.165, 1.54) is 6.20 Å². The number of sulfonamides is 1. The summed E-state index contributed by atoms with van der Waals surface area (Å²) in [5.41, 5.74) is 0.904. The number of ketones is 1. The Bertz CT molecular complexity index is 1750. The summed E-state index contributed by atoms with van der Waals surface area (Å²) in [7, 11) is -2.49. The Morgan fingerprint density at radius 3 is 2.45 bits per heavy atom. The van der Waals surface area contributed by atoms with Crippen LogP contribution in [0, 0.1) is 11.6 Å². The number of hydrogen-bond acceptors (Lipinski definition) is 5. The quantitative estimate of drug-likeness (QED) is 0.250. The van der Waals surface area contributed by atoms with Crippen molar-refractivity contribution in [2.24, 2.45) is 0 Å². The molecule has 0 amide bonds. The van der Waals surface area contributed by atoms with Crippen molar-refractivity contribution >= 4 is 32.5 Å². The van der Waals surface area contributed by atoms with E-state index in [0.29, 0.717) is 27.9 Å². The van der Waals surface area contributed by atoms with Crippen molar-refractivity contribution in [3.8, 4) is 16.9 Å². The molecule has 5 rings (SSSR count). The lowest BCUT2D eigenvalue weighted by Gasteiger charge is -2.12. The van der Waals surface area contributed by atoms with Crippen LogP contribution in [0.25, 0.3) is 22.2 Å². The number of ether oxygens (including phenoxy) is 1. The van der Waals surface area contributed by atoms with E-state index in [0.717, 1.165) is 17.7 Å². The summed E-state index contributed by atoms with van der Waals surface area (Å²) >= 11 is 0. The van der Waals surface area contributed by atoms with E-state index in [9.17, 15) is 17.6 Å². The molecule has 0 aliphatic heterocycles. The maximum atomic E-state index is 15.4. The van der Waals surface area contributed by atoms with Gasteiger partial charge in [0.1, 0.15) is 17.2 Å². The van der Waals surface area contributed by atoms with Crippen LogP contribution < -0.4 is 9.46 Å². The van der Waals surface area contributed by atoms with Gasteiger partial charge in [0.15, 0.2) is 5.82 Å². The second-order valence-corrected chi connectivity index (χ2v) is 10.2. The molecule has 2 aromatic heterocycles. The number of fused-ring (bicyclic) bond motifs is 1. The highest BCUT2D eigenvalue weighted by Crippen LogP contribution is 2.30. The third kappa shape index (κ3) is 4.98. The summed E-state index contributed by atoms with van der Waals surface area (Å²) in [6.45, 7) is 0. The summed E-state index contributed by atoms with van der Waals surface area (Å²) in [5.74, 6) is -3.13. The molecule has 10 heteroatoms. The van der Waals surface area contributed by atoms with Crippen LogP contribution in [-0.4, -0.2) is 31.3 Å². The molecular weight excluding hydrogens is 512 g/mol. The van der Waals surface area contributed by atoms with Crippen molar-refractivity contribution in [3.05, 3.63) is 114 Å². The number of anilines is 1. The molecule has 0 bridgehead atoms. The van der Waals surface area contributed by atoms with Crippen molar-refractivity contribution in [1.29, 1.82) is 0 Å². The molecule has 0 saturated heterocycles. The number of benzene rings is 3. The van der Waals surface area contributed by atoms with E-state index in [1.807, 2.05) is 12.1 Å². The average Bonchev–Trinajstić information content (AvgIpc) is 3.34. The molecule has 0 fully saturated rings. The summed E-state index contributed by atoms with van der Waals surface area (Å²) in [4.78, 5) is 20.6. The van der Waals surface area contributed by atoms with Crippen LogP contribution in [0.5, 0.6) is 5.75 Å². The molecule has 2 heterocycles. The van der Waals surface area contributed by atoms with Crippen molar-refractivity contribution in [1.82, 2.24) is 9.97 Å². The van der Waals surface area contributed by atoms with E-state index in [-0.39, 0.29) is 5.56 Å². The number of aromatic amines is 1. The highest BCUT2D eigenvalue weighted by molar-refractivity contribution is 7.91. The number of nitrogens with zero attached hydrogens (tertiary/aromatic N) is 1. The van der Waals surface area contributed by atoms with Gasteiger partial charge in [0, 0.05) is 28.9 Å². The van der Waals surface area contributed by atoms with Crippen LogP contribution in [0.2, 0.25) is 0 Å². The molecule has 0 aliphatic rings. The molecule has 5 aromatic rings. The van der Waals surface area contributed by atoms with Gasteiger partial charge in [0.2, 0.25) is 15.8 Å². The Morgan fingerprint density at radius 1 is 1.00 bits per heavy atom. The van der Waals surface area contributed by atoms with Gasteiger partial charge in [-0.15, -0.1) is 0 Å². The molecule has 0 atom stereocenters. The molecule has 192 valence electrons. The third-order valence-corrected chi connectivity index (χ3v) is 7.23. The molecule has 2 N–H and O–H groups in total. The lowest BCUT2D eigenvalue weighted by Crippen LogP contribution is -2.18. The number of pyridine rings is 1. The largest absolute Gasteiger partial charge is 0.497 e. The fourth-order valence-electron chi connectivity index (χ4n) is 4.10. The number of carbonyl (C=O) groups is 1. The highest BCUT2D eigenvalue weighted by Gasteiger charge is 2.26. The maximum absolute atomic E-state index is 15.4. The average molecular weight is 534 g/mol. The Kier molecular flexibility index (Phi) is 6.64. The standard InChI is InChI=1S/C28H21F2N3O4S/c1-37-20-9-7-18(8-10-20)19-13-21-22(15-32-28(21)31-14-19)27(34)25-23(29)11-12-24(26(25)30)33-38(35,36)16-17-5-3-2-4-6-17/h2-15,33H,16H2,1H3,(H,31,32). The van der Waals surface area contributed by atoms with E-state index in [1.54, 1.807) is 61.8 Å². The number of rotatable bonds is 8. The molecule has 7 nitrogen and oxygen atoms in total. The number of H-pyrrole nitrogens is 1. The first-order valence-corrected chi connectivity index (χ1v) is 13.1. The second-order valence-electron chi connectivity index (χ2n) is 8.51. The van der Waals surface area contributed by atoms with Crippen LogP contribution >= 0.6 is 0 Å². The van der Waals surface area contributed by atoms with Crippen LogP contribution in [-0.2, 0) is 15.8 Å². The molecular formula is C28H21F2N3O4S. The van der Waals surface area contributed by atoms with Gasteiger partial charge in [0.25, 0.3) is 0 Å². The molecule has 0 saturated carbocycles. The first-order chi connectivity index (χ1) is 18.3. The Labute approximate surface area is 217 Å². The summed E-state index contributed by atoms with van der Waals surface area (Å²) in [6.07, 6.45) is 2.93. The van der Waals surface area contributed by atoms with Crippen LogP contribution in [0.1, 0.15) is 21.5 Å². The SMILES string of the molecule is COc1ccc(-c2cnc3[nH]cc(C(=O)c4c(F)ccc(NS(=O)(=O)Cc5ccccc5)c4F)c3c2)cc1. The monoisotopic (exact) mass is 533 g/mol. The lowest BCUT2D eigenvalue weighted by atomic mass is 10.00. The van der Waals surface area contributed by atoms with Crippen LogP contribution in [0.15, 0.2) is 85.2 Å². The number of aromatic nitrogens is 2. The van der Waals surface area contributed by atoms with Crippen molar-refractivity contribution < 1.29 is 26.7 Å². The maximum Gasteiger partial charge on any atom is 0.237 e. The van der Waals surface area contributed by atoms with Gasteiger partial charge in [-0.1, -0.05) is 42.5 Å². The molecule has 0 unspecified atom stereocenters. The highest BCUT2D eigenvalue weighted by atomic mass is 32.2. The number of halogens is 2. The molecule has 38 heavy (non-hydrogen) atoms. The lowest BCUT2D eigenvalue weighted by molar-refractivity contribution is 0.103. The fraction of sp³-hybridized carbons (Fsp3) is 0.0714. The number of carbonyl (C=O) groups excluding carboxylic acids is 1. The predicted octanol–water partition coefficient (Wildman–Crippen LogP) is 5.69. The number of nitrogens with one attached hydrogen (secondary N) is 2. The Morgan fingerprint density at radius 2 is 1.74 bits per heavy atom. The van der Waals surface area contributed by atoms with E-state index in [4.69, 9.17) is 4.74 Å². The minimum absolute atomic E-state index is 0.00930. The Hall–Kier alpha value is -4.57. The number of hydrogen-bond donors (Lipinski definition) is 2. The zero-order chi connectivity index (χ0) is 26.9. The van der Waals surface area contributed by atoms with Crippen molar-refractivity contribution in [2.75, 3.05) is 11.8 Å². The summed E-state index contributed by atoms with van der Waals surface area (Å²) in [5, 5.41) is 0.358. The third-order valence-electron chi connectivity index (χ3n) is 5.98. The van der Waals surface area contributed by atoms with Crippen molar-refractivity contribution in [2.45, 2.75) is 5.75 Å². The predicted molar refractivity (Wildman–Crippen MR) is 141 cm³/mol. The van der Waals surface area contributed by atoms with Crippen LogP contribution in [0.4, 0.5) is 14.5 Å². The molecule has 0 spiro atoms. The minimum atomic E-state index is -4.04. The van der Waals surface area contributed by atoms with E-state index in [2.05, 4.69) is 14.7 Å². The van der Waals surface area contributed by atoms with Gasteiger partial charge in [-0.2, -0.15) is 0 Å². The molecule has 3 aromatic carbocycles. The van der Waals surface area contributed by atoms with Gasteiger partial charge in [0.05, 0.1) is 24.1 Å². The first kappa shape index (κ1) is 25.1. The van der Waals surface area contributed by atoms with Gasteiger partial charge in [-0.3, -0.25) is 9.52 Å². The van der Waals surface area contributed by atoms with Gasteiger partial charge in [-0.25, -0.2) is 22.2 Å². The Balaban J connectivity index is 1.49. The molecule has 0 radical (unpaired) electrons. The summed E-state index contributed by atoms with van der Waals surface area (Å²) < 4.78 is 62.8. The second kappa shape index (κ2) is 10.1. The van der Waals surface area contributed by atoms with Crippen molar-refractivity contribution in [3.63, 3.8) is 0 Å². The van der Waals surface area contributed by atoms with Crippen LogP contribution in [0.3, 0.4) is 0 Å². The van der Waals surface area contributed by atoms with E-state index < -0.39 is 44.4 Å². The molecule has 0 aliphatic carbocycles. The van der Waals surface area contributed by atoms with Gasteiger partial charge < -0.3 is 9.72 Å². The number of methoxy groups -OCH3 is 1. The summed E-state index contributed by atoms with van der Waals surface area (Å²) in [6, 6.07) is 19.0.